The summed E-state index contributed by atoms with van der Waals surface area (Å²) < 4.78 is 17.8. The quantitative estimate of drug-likeness (QED) is 0.426. The fourth-order valence-corrected chi connectivity index (χ4v) is 3.95. The zero-order valence-electron chi connectivity index (χ0n) is 17.4. The van der Waals surface area contributed by atoms with Crippen molar-refractivity contribution in [2.75, 3.05) is 25.1 Å². The molecule has 0 aliphatic rings. The fraction of sp³-hybridized carbons (Fsp3) is 0.286. The van der Waals surface area contributed by atoms with Gasteiger partial charge < -0.3 is 24.6 Å². The second-order valence-corrected chi connectivity index (χ2v) is 7.62. The number of fused-ring (bicyclic) bond motifs is 1. The lowest BCUT2D eigenvalue weighted by molar-refractivity contribution is 0.0976. The number of hydrogen-bond donors (Lipinski definition) is 3. The van der Waals surface area contributed by atoms with Gasteiger partial charge in [-0.15, -0.1) is 0 Å². The Morgan fingerprint density at radius 2 is 1.71 bits per heavy atom. The normalized spacial score (nSPS) is 10.5. The molecular formula is C21H23N3O5S2. The molecule has 10 heteroatoms. The monoisotopic (exact) mass is 461 g/mol. The molecule has 3 aromatic rings. The molecule has 0 saturated carbocycles. The highest BCUT2D eigenvalue weighted by atomic mass is 32.1. The average Bonchev–Trinajstić information content (AvgIpc) is 3.11. The molecule has 0 radical (unpaired) electrons. The van der Waals surface area contributed by atoms with Crippen molar-refractivity contribution in [3.63, 3.8) is 0 Å². The maximum Gasteiger partial charge on any atom is 0.257 e. The second kappa shape index (κ2) is 10.3. The van der Waals surface area contributed by atoms with Gasteiger partial charge >= 0.3 is 0 Å². The number of anilines is 1. The van der Waals surface area contributed by atoms with E-state index in [1.165, 1.54) is 11.3 Å². The number of amides is 1. The van der Waals surface area contributed by atoms with Crippen LogP contribution in [0.15, 0.2) is 30.3 Å². The number of nitrogens with one attached hydrogen (secondary N) is 2. The molecule has 31 heavy (non-hydrogen) atoms. The van der Waals surface area contributed by atoms with Crippen LogP contribution in [-0.2, 0) is 0 Å². The molecule has 0 aliphatic carbocycles. The lowest BCUT2D eigenvalue weighted by atomic mass is 10.1. The molecule has 0 atom stereocenters. The Morgan fingerprint density at radius 3 is 2.32 bits per heavy atom. The smallest absolute Gasteiger partial charge is 0.257 e. The van der Waals surface area contributed by atoms with Crippen molar-refractivity contribution in [3.05, 3.63) is 35.9 Å². The number of phenolic OH excluding ortho intramolecular Hbond substituents is 1. The Balaban J connectivity index is 1.78. The third-order valence-electron chi connectivity index (χ3n) is 3.99. The molecule has 8 nitrogen and oxygen atoms in total. The Morgan fingerprint density at radius 1 is 1.06 bits per heavy atom. The molecule has 0 saturated heterocycles. The van der Waals surface area contributed by atoms with Crippen LogP contribution in [0, 0.1) is 0 Å². The molecule has 0 aliphatic heterocycles. The predicted molar refractivity (Wildman–Crippen MR) is 125 cm³/mol. The van der Waals surface area contributed by atoms with E-state index in [1.807, 2.05) is 20.8 Å². The molecule has 3 rings (SSSR count). The van der Waals surface area contributed by atoms with Gasteiger partial charge in [0.2, 0.25) is 5.75 Å². The Kier molecular flexibility index (Phi) is 7.48. The minimum Gasteiger partial charge on any atom is -0.508 e. The molecule has 0 fully saturated rings. The molecule has 0 bridgehead atoms. The Bertz CT molecular complexity index is 1070. The van der Waals surface area contributed by atoms with Crippen LogP contribution in [-0.4, -0.2) is 40.9 Å². The van der Waals surface area contributed by atoms with Gasteiger partial charge in [0.25, 0.3) is 5.91 Å². The van der Waals surface area contributed by atoms with E-state index in [2.05, 4.69) is 15.6 Å². The summed E-state index contributed by atoms with van der Waals surface area (Å²) in [6.07, 6.45) is 0. The first-order valence-corrected chi connectivity index (χ1v) is 11.0. The average molecular weight is 462 g/mol. The van der Waals surface area contributed by atoms with Gasteiger partial charge in [0, 0.05) is 5.56 Å². The lowest BCUT2D eigenvalue weighted by Gasteiger charge is -2.17. The van der Waals surface area contributed by atoms with Crippen LogP contribution < -0.4 is 24.8 Å². The lowest BCUT2D eigenvalue weighted by Crippen LogP contribution is -2.34. The third kappa shape index (κ3) is 5.53. The van der Waals surface area contributed by atoms with Crippen molar-refractivity contribution in [1.29, 1.82) is 0 Å². The highest BCUT2D eigenvalue weighted by Gasteiger charge is 2.19. The van der Waals surface area contributed by atoms with Gasteiger partial charge in [-0.25, -0.2) is 4.98 Å². The van der Waals surface area contributed by atoms with Crippen molar-refractivity contribution in [1.82, 2.24) is 10.3 Å². The first-order valence-electron chi connectivity index (χ1n) is 9.73. The highest BCUT2D eigenvalue weighted by molar-refractivity contribution is 7.80. The van der Waals surface area contributed by atoms with Crippen LogP contribution in [0.5, 0.6) is 23.0 Å². The van der Waals surface area contributed by atoms with E-state index in [0.29, 0.717) is 53.3 Å². The number of rotatable bonds is 8. The van der Waals surface area contributed by atoms with Gasteiger partial charge in [-0.2, -0.15) is 0 Å². The molecule has 1 heterocycles. The second-order valence-electron chi connectivity index (χ2n) is 6.18. The van der Waals surface area contributed by atoms with Crippen molar-refractivity contribution < 1.29 is 24.1 Å². The van der Waals surface area contributed by atoms with Gasteiger partial charge in [-0.05, 0) is 63.3 Å². The van der Waals surface area contributed by atoms with Crippen molar-refractivity contribution in [2.45, 2.75) is 20.8 Å². The zero-order valence-corrected chi connectivity index (χ0v) is 19.0. The van der Waals surface area contributed by atoms with E-state index in [0.717, 1.165) is 4.70 Å². The number of benzene rings is 2. The third-order valence-corrected chi connectivity index (χ3v) is 5.13. The molecule has 2 aromatic carbocycles. The molecular weight excluding hydrogens is 438 g/mol. The number of phenols is 1. The minimum absolute atomic E-state index is 0.0954. The number of ether oxygens (including phenoxy) is 3. The maximum absolute atomic E-state index is 12.8. The van der Waals surface area contributed by atoms with Crippen molar-refractivity contribution in [3.8, 4) is 23.0 Å². The highest BCUT2D eigenvalue weighted by Crippen LogP contribution is 2.39. The maximum atomic E-state index is 12.8. The van der Waals surface area contributed by atoms with Crippen LogP contribution in [0.2, 0.25) is 0 Å². The number of aromatic nitrogens is 1. The van der Waals surface area contributed by atoms with Crippen molar-refractivity contribution >= 4 is 49.9 Å². The van der Waals surface area contributed by atoms with Gasteiger partial charge in [0.15, 0.2) is 21.7 Å². The molecule has 164 valence electrons. The van der Waals surface area contributed by atoms with Crippen molar-refractivity contribution in [2.24, 2.45) is 0 Å². The number of carbonyl (C=O) groups excluding carboxylic acids is 1. The Labute approximate surface area is 189 Å². The van der Waals surface area contributed by atoms with Gasteiger partial charge in [0.1, 0.15) is 5.75 Å². The molecule has 3 N–H and O–H groups in total. The summed E-state index contributed by atoms with van der Waals surface area (Å²) in [5.41, 5.74) is 1.03. The van der Waals surface area contributed by atoms with E-state index in [-0.39, 0.29) is 10.9 Å². The minimum atomic E-state index is -0.429. The van der Waals surface area contributed by atoms with Crippen LogP contribution in [0.1, 0.15) is 31.1 Å². The summed E-state index contributed by atoms with van der Waals surface area (Å²) >= 11 is 6.58. The molecule has 0 unspecified atom stereocenters. The number of aromatic hydroxyl groups is 1. The zero-order chi connectivity index (χ0) is 22.4. The van der Waals surface area contributed by atoms with E-state index < -0.39 is 5.91 Å². The predicted octanol–water partition coefficient (Wildman–Crippen LogP) is 4.32. The number of carbonyl (C=O) groups is 1. The van der Waals surface area contributed by atoms with Crippen LogP contribution in [0.4, 0.5) is 5.13 Å². The summed E-state index contributed by atoms with van der Waals surface area (Å²) in [6, 6.07) is 8.07. The number of nitrogens with zero attached hydrogens (tertiary/aromatic N) is 1. The molecule has 0 spiro atoms. The summed E-state index contributed by atoms with van der Waals surface area (Å²) in [6.45, 7) is 6.80. The summed E-state index contributed by atoms with van der Waals surface area (Å²) in [7, 11) is 0. The Hall–Kier alpha value is -3.11. The SMILES string of the molecule is CCOc1cc(C(=O)NC(=S)Nc2nc3ccc(O)cc3s2)cc(OCC)c1OCC. The molecule has 1 amide bonds. The van der Waals surface area contributed by atoms with E-state index >= 15 is 0 Å². The first kappa shape index (κ1) is 22.6. The summed E-state index contributed by atoms with van der Waals surface area (Å²) in [5.74, 6) is 1.03. The molecule has 1 aromatic heterocycles. The largest absolute Gasteiger partial charge is 0.508 e. The topological polar surface area (TPSA) is 102 Å². The first-order chi connectivity index (χ1) is 14.9. The summed E-state index contributed by atoms with van der Waals surface area (Å²) in [5, 5.41) is 15.7. The number of hydrogen-bond acceptors (Lipinski definition) is 8. The van der Waals surface area contributed by atoms with Crippen LogP contribution in [0.3, 0.4) is 0 Å². The van der Waals surface area contributed by atoms with E-state index in [4.69, 9.17) is 26.4 Å². The number of thiocarbonyl (C=S) groups is 1. The standard InChI is InChI=1S/C21H23N3O5S2/c1-4-27-15-9-12(10-16(28-5-2)18(15)29-6-3)19(26)23-20(30)24-21-22-14-8-7-13(25)11-17(14)31-21/h7-11,25H,4-6H2,1-3H3,(H2,22,23,24,26,30). The number of thiazole rings is 1. The fourth-order valence-electron chi connectivity index (χ4n) is 2.79. The summed E-state index contributed by atoms with van der Waals surface area (Å²) in [4.78, 5) is 17.2. The van der Waals surface area contributed by atoms with Gasteiger partial charge in [-0.1, -0.05) is 11.3 Å². The van der Waals surface area contributed by atoms with Gasteiger partial charge in [0.05, 0.1) is 30.0 Å². The van der Waals surface area contributed by atoms with Crippen LogP contribution >= 0.6 is 23.6 Å². The van der Waals surface area contributed by atoms with E-state index in [1.54, 1.807) is 30.3 Å². The van der Waals surface area contributed by atoms with Crippen LogP contribution in [0.25, 0.3) is 10.2 Å². The van der Waals surface area contributed by atoms with Gasteiger partial charge in [-0.3, -0.25) is 10.1 Å². The van der Waals surface area contributed by atoms with E-state index in [9.17, 15) is 9.90 Å².